The van der Waals surface area contributed by atoms with Crippen molar-refractivity contribution < 1.29 is 14.7 Å². The molecule has 20 heavy (non-hydrogen) atoms. The highest BCUT2D eigenvalue weighted by molar-refractivity contribution is 7.17. The summed E-state index contributed by atoms with van der Waals surface area (Å²) in [5.74, 6) is -0.148. The van der Waals surface area contributed by atoms with Crippen LogP contribution in [0.15, 0.2) is 36.4 Å². The highest BCUT2D eigenvalue weighted by atomic mass is 32.1. The maximum Gasteiger partial charge on any atom is 0.251 e. The van der Waals surface area contributed by atoms with E-state index < -0.39 is 0 Å². The summed E-state index contributed by atoms with van der Waals surface area (Å²) in [5, 5.41) is 11.4. The first-order valence-corrected chi connectivity index (χ1v) is 7.11. The molecule has 0 bridgehead atoms. The molecule has 5 heteroatoms. The highest BCUT2D eigenvalue weighted by Crippen LogP contribution is 2.27. The van der Waals surface area contributed by atoms with Crippen LogP contribution in [0.25, 0.3) is 10.4 Å². The Morgan fingerprint density at radius 3 is 2.55 bits per heavy atom. The monoisotopic (exact) mass is 289 g/mol. The van der Waals surface area contributed by atoms with Crippen LogP contribution in [0.5, 0.6) is 0 Å². The van der Waals surface area contributed by atoms with E-state index in [4.69, 9.17) is 5.11 Å². The molecule has 2 aromatic rings. The fourth-order valence-electron chi connectivity index (χ4n) is 1.74. The smallest absolute Gasteiger partial charge is 0.251 e. The zero-order valence-corrected chi connectivity index (χ0v) is 11.7. The fraction of sp³-hybridized carbons (Fsp3) is 0.200. The van der Waals surface area contributed by atoms with Gasteiger partial charge in [0.1, 0.15) is 0 Å². The number of benzene rings is 1. The van der Waals surface area contributed by atoms with E-state index in [1.165, 1.54) is 11.3 Å². The lowest BCUT2D eigenvalue weighted by atomic mass is 10.1. The van der Waals surface area contributed by atoms with Crippen LogP contribution in [-0.2, 0) is 0 Å². The summed E-state index contributed by atoms with van der Waals surface area (Å²) in [6, 6.07) is 10.9. The van der Waals surface area contributed by atoms with Crippen LogP contribution in [0.2, 0.25) is 0 Å². The van der Waals surface area contributed by atoms with Crippen molar-refractivity contribution in [1.29, 1.82) is 0 Å². The van der Waals surface area contributed by atoms with Gasteiger partial charge in [0.25, 0.3) is 5.91 Å². The Morgan fingerprint density at radius 1 is 1.20 bits per heavy atom. The van der Waals surface area contributed by atoms with Gasteiger partial charge in [-0.2, -0.15) is 0 Å². The average Bonchev–Trinajstić information content (AvgIpc) is 2.96. The number of amides is 1. The van der Waals surface area contributed by atoms with E-state index >= 15 is 0 Å². The van der Waals surface area contributed by atoms with Crippen LogP contribution in [0.1, 0.15) is 26.5 Å². The summed E-state index contributed by atoms with van der Waals surface area (Å²) < 4.78 is 0. The average molecular weight is 289 g/mol. The summed E-state index contributed by atoms with van der Waals surface area (Å²) in [5.41, 5.74) is 1.56. The molecule has 0 aliphatic heterocycles. The molecule has 2 N–H and O–H groups in total. The SMILES string of the molecule is O=Cc1ccc(-c2ccc(C(=O)NCCCO)cc2)s1. The molecule has 1 aromatic heterocycles. The predicted octanol–water partition coefficient (Wildman–Crippen LogP) is 2.34. The molecule has 0 fully saturated rings. The first-order valence-electron chi connectivity index (χ1n) is 6.29. The molecular formula is C15H15NO3S. The van der Waals surface area contributed by atoms with Gasteiger partial charge in [0.05, 0.1) is 4.88 Å². The maximum atomic E-state index is 11.8. The Kier molecular flexibility index (Phi) is 5.03. The van der Waals surface area contributed by atoms with Crippen molar-refractivity contribution in [2.24, 2.45) is 0 Å². The first-order chi connectivity index (χ1) is 9.74. The lowest BCUT2D eigenvalue weighted by molar-refractivity contribution is 0.0951. The fourth-order valence-corrected chi connectivity index (χ4v) is 2.57. The molecule has 1 heterocycles. The minimum atomic E-state index is -0.148. The number of hydrogen-bond acceptors (Lipinski definition) is 4. The highest BCUT2D eigenvalue weighted by Gasteiger charge is 2.06. The molecule has 0 unspecified atom stereocenters. The molecule has 1 amide bonds. The van der Waals surface area contributed by atoms with Gasteiger partial charge < -0.3 is 10.4 Å². The van der Waals surface area contributed by atoms with E-state index in [0.717, 1.165) is 16.7 Å². The second-order valence-corrected chi connectivity index (χ2v) is 5.35. The quantitative estimate of drug-likeness (QED) is 0.633. The molecule has 0 saturated carbocycles. The summed E-state index contributed by atoms with van der Waals surface area (Å²) in [6.07, 6.45) is 1.38. The third kappa shape index (κ3) is 3.53. The first kappa shape index (κ1) is 14.4. The molecule has 0 aliphatic carbocycles. The van der Waals surface area contributed by atoms with Crippen LogP contribution >= 0.6 is 11.3 Å². The Labute approximate surface area is 121 Å². The third-order valence-corrected chi connectivity index (χ3v) is 3.85. The van der Waals surface area contributed by atoms with E-state index in [-0.39, 0.29) is 12.5 Å². The number of thiophene rings is 1. The Hall–Kier alpha value is -1.98. The van der Waals surface area contributed by atoms with E-state index in [0.29, 0.717) is 23.4 Å². The van der Waals surface area contributed by atoms with Gasteiger partial charge in [-0.05, 0) is 36.2 Å². The summed E-state index contributed by atoms with van der Waals surface area (Å²) in [7, 11) is 0. The predicted molar refractivity (Wildman–Crippen MR) is 79.2 cm³/mol. The topological polar surface area (TPSA) is 66.4 Å². The van der Waals surface area contributed by atoms with Crippen LogP contribution in [0.4, 0.5) is 0 Å². The maximum absolute atomic E-state index is 11.8. The van der Waals surface area contributed by atoms with Crippen molar-refractivity contribution in [3.05, 3.63) is 46.8 Å². The molecule has 0 atom stereocenters. The van der Waals surface area contributed by atoms with E-state index in [1.54, 1.807) is 18.2 Å². The van der Waals surface area contributed by atoms with Crippen LogP contribution in [0, 0.1) is 0 Å². The molecule has 1 aromatic carbocycles. The van der Waals surface area contributed by atoms with Crippen molar-refractivity contribution >= 4 is 23.5 Å². The zero-order valence-electron chi connectivity index (χ0n) is 10.8. The summed E-state index contributed by atoms with van der Waals surface area (Å²) >= 11 is 1.42. The number of aliphatic hydroxyl groups is 1. The van der Waals surface area contributed by atoms with Gasteiger partial charge in [0.2, 0.25) is 0 Å². The Morgan fingerprint density at radius 2 is 1.95 bits per heavy atom. The molecule has 0 aliphatic rings. The number of nitrogens with one attached hydrogen (secondary N) is 1. The largest absolute Gasteiger partial charge is 0.396 e. The van der Waals surface area contributed by atoms with Gasteiger partial charge in [-0.1, -0.05) is 12.1 Å². The van der Waals surface area contributed by atoms with Crippen molar-refractivity contribution in [2.75, 3.05) is 13.2 Å². The third-order valence-electron chi connectivity index (χ3n) is 2.79. The second kappa shape index (κ2) is 6.98. The number of aliphatic hydroxyl groups excluding tert-OH is 1. The number of aldehydes is 1. The summed E-state index contributed by atoms with van der Waals surface area (Å²) in [4.78, 5) is 24.1. The number of rotatable bonds is 6. The van der Waals surface area contributed by atoms with Crippen LogP contribution < -0.4 is 5.32 Å². The molecule has 4 nitrogen and oxygen atoms in total. The molecule has 0 saturated heterocycles. The normalized spacial score (nSPS) is 10.2. The zero-order chi connectivity index (χ0) is 14.4. The Balaban J connectivity index is 2.05. The van der Waals surface area contributed by atoms with Crippen LogP contribution in [0.3, 0.4) is 0 Å². The van der Waals surface area contributed by atoms with Gasteiger partial charge in [-0.3, -0.25) is 9.59 Å². The van der Waals surface area contributed by atoms with E-state index in [1.807, 2.05) is 18.2 Å². The lowest BCUT2D eigenvalue weighted by Gasteiger charge is -2.04. The standard InChI is InChI=1S/C15H15NO3S/c17-9-1-8-16-15(19)12-4-2-11(3-5-12)14-7-6-13(10-18)20-14/h2-7,10,17H,1,8-9H2,(H,16,19). The van der Waals surface area contributed by atoms with Gasteiger partial charge in [0.15, 0.2) is 6.29 Å². The molecule has 104 valence electrons. The molecule has 0 radical (unpaired) electrons. The van der Waals surface area contributed by atoms with Crippen LogP contribution in [-0.4, -0.2) is 30.5 Å². The number of carbonyl (C=O) groups is 2. The van der Waals surface area contributed by atoms with Crippen molar-refractivity contribution in [3.8, 4) is 10.4 Å². The molecule has 2 rings (SSSR count). The number of carbonyl (C=O) groups excluding carboxylic acids is 2. The Bertz CT molecular complexity index is 589. The minimum Gasteiger partial charge on any atom is -0.396 e. The molecular weight excluding hydrogens is 274 g/mol. The second-order valence-electron chi connectivity index (χ2n) is 4.23. The van der Waals surface area contributed by atoms with Gasteiger partial charge in [0, 0.05) is 23.6 Å². The minimum absolute atomic E-state index is 0.0661. The van der Waals surface area contributed by atoms with E-state index in [2.05, 4.69) is 5.32 Å². The molecule has 0 spiro atoms. The van der Waals surface area contributed by atoms with Gasteiger partial charge in [-0.25, -0.2) is 0 Å². The van der Waals surface area contributed by atoms with Crippen molar-refractivity contribution in [3.63, 3.8) is 0 Å². The lowest BCUT2D eigenvalue weighted by Crippen LogP contribution is -2.24. The summed E-state index contributed by atoms with van der Waals surface area (Å²) in [6.45, 7) is 0.529. The van der Waals surface area contributed by atoms with Crippen molar-refractivity contribution in [1.82, 2.24) is 5.32 Å². The van der Waals surface area contributed by atoms with Gasteiger partial charge >= 0.3 is 0 Å². The van der Waals surface area contributed by atoms with Crippen molar-refractivity contribution in [2.45, 2.75) is 6.42 Å². The van der Waals surface area contributed by atoms with Gasteiger partial charge in [-0.15, -0.1) is 11.3 Å². The van der Waals surface area contributed by atoms with E-state index in [9.17, 15) is 9.59 Å². The number of hydrogen-bond donors (Lipinski definition) is 2.